The summed E-state index contributed by atoms with van der Waals surface area (Å²) in [6.07, 6.45) is 0. The van der Waals surface area contributed by atoms with E-state index in [0.29, 0.717) is 17.9 Å². The molecule has 1 rings (SSSR count). The van der Waals surface area contributed by atoms with E-state index in [1.165, 1.54) is 4.90 Å². The third-order valence-corrected chi connectivity index (χ3v) is 2.51. The molecule has 7 nitrogen and oxygen atoms in total. The van der Waals surface area contributed by atoms with E-state index in [0.717, 1.165) is 0 Å². The van der Waals surface area contributed by atoms with Crippen molar-refractivity contribution in [2.45, 2.75) is 6.92 Å². The maximum absolute atomic E-state index is 11.5. The van der Waals surface area contributed by atoms with Crippen molar-refractivity contribution in [2.75, 3.05) is 37.8 Å². The second-order valence-electron chi connectivity index (χ2n) is 4.13. The summed E-state index contributed by atoms with van der Waals surface area (Å²) >= 11 is 0. The summed E-state index contributed by atoms with van der Waals surface area (Å²) in [6, 6.07) is 4.93. The number of likely N-dealkylation sites (N-methyl/N-ethyl adjacent to an activating group) is 1. The number of benzene rings is 1. The van der Waals surface area contributed by atoms with Crippen molar-refractivity contribution < 1.29 is 9.72 Å². The first-order chi connectivity index (χ1) is 8.97. The Kier molecular flexibility index (Phi) is 5.11. The lowest BCUT2D eigenvalue weighted by Crippen LogP contribution is -2.28. The number of nitrogens with one attached hydrogen (secondary N) is 2. The van der Waals surface area contributed by atoms with Crippen molar-refractivity contribution >= 4 is 23.0 Å². The average molecular weight is 266 g/mol. The lowest BCUT2D eigenvalue weighted by molar-refractivity contribution is -0.383. The van der Waals surface area contributed by atoms with E-state index in [4.69, 9.17) is 0 Å². The largest absolute Gasteiger partial charge is 0.380 e. The molecule has 0 atom stereocenters. The number of hydrogen-bond acceptors (Lipinski definition) is 5. The normalized spacial score (nSPS) is 9.84. The molecule has 7 heteroatoms. The molecular weight excluding hydrogens is 248 g/mol. The highest BCUT2D eigenvalue weighted by Crippen LogP contribution is 2.32. The van der Waals surface area contributed by atoms with Crippen LogP contribution in [0.25, 0.3) is 0 Å². The molecule has 104 valence electrons. The van der Waals surface area contributed by atoms with Crippen molar-refractivity contribution in [2.24, 2.45) is 0 Å². The number of nitrogens with zero attached hydrogens (tertiary/aromatic N) is 2. The molecule has 0 saturated heterocycles. The molecule has 0 aliphatic heterocycles. The van der Waals surface area contributed by atoms with Gasteiger partial charge in [-0.3, -0.25) is 14.9 Å². The lowest BCUT2D eigenvalue weighted by Gasteiger charge is -2.13. The molecule has 0 spiro atoms. The highest BCUT2D eigenvalue weighted by molar-refractivity contribution is 5.83. The molecular formula is C12H18N4O3. The first-order valence-corrected chi connectivity index (χ1v) is 5.92. The lowest BCUT2D eigenvalue weighted by atomic mass is 10.2. The number of anilines is 2. The molecule has 1 aromatic rings. The van der Waals surface area contributed by atoms with E-state index in [2.05, 4.69) is 10.6 Å². The van der Waals surface area contributed by atoms with Crippen LogP contribution in [0.3, 0.4) is 0 Å². The summed E-state index contributed by atoms with van der Waals surface area (Å²) in [7, 11) is 3.26. The molecule has 0 fully saturated rings. The van der Waals surface area contributed by atoms with Crippen LogP contribution in [-0.2, 0) is 4.79 Å². The van der Waals surface area contributed by atoms with Crippen molar-refractivity contribution in [3.63, 3.8) is 0 Å². The molecule has 19 heavy (non-hydrogen) atoms. The van der Waals surface area contributed by atoms with Gasteiger partial charge in [-0.25, -0.2) is 0 Å². The second kappa shape index (κ2) is 6.58. The topological polar surface area (TPSA) is 87.5 Å². The highest BCUT2D eigenvalue weighted by Gasteiger charge is 2.19. The summed E-state index contributed by atoms with van der Waals surface area (Å²) in [5, 5.41) is 16.9. The van der Waals surface area contributed by atoms with Crippen LogP contribution in [0.15, 0.2) is 18.2 Å². The highest BCUT2D eigenvalue weighted by atomic mass is 16.6. The number of nitro groups is 1. The predicted molar refractivity (Wildman–Crippen MR) is 74.4 cm³/mol. The minimum atomic E-state index is -0.458. The fourth-order valence-electron chi connectivity index (χ4n) is 1.54. The zero-order valence-electron chi connectivity index (χ0n) is 11.3. The van der Waals surface area contributed by atoms with Crippen molar-refractivity contribution in [1.29, 1.82) is 0 Å². The summed E-state index contributed by atoms with van der Waals surface area (Å²) < 4.78 is 0. The number of nitro benzene ring substituents is 1. The smallest absolute Gasteiger partial charge is 0.315 e. The van der Waals surface area contributed by atoms with Gasteiger partial charge in [-0.2, -0.15) is 0 Å². The van der Waals surface area contributed by atoms with Gasteiger partial charge in [0, 0.05) is 20.6 Å². The van der Waals surface area contributed by atoms with Gasteiger partial charge in [-0.05, 0) is 19.1 Å². The van der Waals surface area contributed by atoms with Gasteiger partial charge in [0.1, 0.15) is 11.4 Å². The fourth-order valence-corrected chi connectivity index (χ4v) is 1.54. The maximum atomic E-state index is 11.5. The van der Waals surface area contributed by atoms with Crippen LogP contribution in [0.1, 0.15) is 6.92 Å². The third-order valence-electron chi connectivity index (χ3n) is 2.51. The van der Waals surface area contributed by atoms with Crippen LogP contribution in [-0.4, -0.2) is 42.9 Å². The van der Waals surface area contributed by atoms with Crippen LogP contribution < -0.4 is 10.6 Å². The summed E-state index contributed by atoms with van der Waals surface area (Å²) in [5.41, 5.74) is 0.726. The first kappa shape index (κ1) is 14.7. The van der Waals surface area contributed by atoms with Gasteiger partial charge in [0.15, 0.2) is 0 Å². The number of hydrogen-bond donors (Lipinski definition) is 2. The van der Waals surface area contributed by atoms with E-state index in [1.807, 2.05) is 6.92 Å². The Hall–Kier alpha value is -2.31. The van der Waals surface area contributed by atoms with E-state index >= 15 is 0 Å². The van der Waals surface area contributed by atoms with Gasteiger partial charge in [-0.1, -0.05) is 6.07 Å². The summed E-state index contributed by atoms with van der Waals surface area (Å²) in [6.45, 7) is 2.46. The standard InChI is InChI=1S/C12H18N4O3/c1-4-13-9-6-5-7-10(12(9)16(18)19)14-8-11(17)15(2)3/h5-7,13-14H,4,8H2,1-3H3. The Labute approximate surface area is 111 Å². The first-order valence-electron chi connectivity index (χ1n) is 5.92. The van der Waals surface area contributed by atoms with Crippen LogP contribution in [0.2, 0.25) is 0 Å². The fraction of sp³-hybridized carbons (Fsp3) is 0.417. The van der Waals surface area contributed by atoms with E-state index in [-0.39, 0.29) is 18.1 Å². The molecule has 0 saturated carbocycles. The number of amides is 1. The summed E-state index contributed by atoms with van der Waals surface area (Å²) in [5.74, 6) is -0.150. The Morgan fingerprint density at radius 2 is 1.89 bits per heavy atom. The molecule has 0 radical (unpaired) electrons. The Bertz CT molecular complexity index is 474. The minimum absolute atomic E-state index is 0.0173. The van der Waals surface area contributed by atoms with Gasteiger partial charge < -0.3 is 15.5 Å². The van der Waals surface area contributed by atoms with Crippen LogP contribution >= 0.6 is 0 Å². The van der Waals surface area contributed by atoms with Gasteiger partial charge in [0.05, 0.1) is 11.5 Å². The molecule has 0 unspecified atom stereocenters. The Morgan fingerprint density at radius 3 is 2.37 bits per heavy atom. The van der Waals surface area contributed by atoms with Crippen LogP contribution in [0, 0.1) is 10.1 Å². The van der Waals surface area contributed by atoms with E-state index in [1.54, 1.807) is 32.3 Å². The third kappa shape index (κ3) is 3.84. The van der Waals surface area contributed by atoms with Crippen molar-refractivity contribution in [1.82, 2.24) is 4.90 Å². The molecule has 2 N–H and O–H groups in total. The molecule has 1 aromatic carbocycles. The molecule has 0 aromatic heterocycles. The number of carbonyl (C=O) groups excluding carboxylic acids is 1. The van der Waals surface area contributed by atoms with E-state index < -0.39 is 4.92 Å². The van der Waals surface area contributed by atoms with Gasteiger partial charge in [-0.15, -0.1) is 0 Å². The minimum Gasteiger partial charge on any atom is -0.380 e. The molecule has 0 bridgehead atoms. The molecule has 0 aliphatic rings. The van der Waals surface area contributed by atoms with Gasteiger partial charge in [0.25, 0.3) is 0 Å². The maximum Gasteiger partial charge on any atom is 0.315 e. The average Bonchev–Trinajstić information content (AvgIpc) is 2.35. The van der Waals surface area contributed by atoms with Crippen LogP contribution in [0.5, 0.6) is 0 Å². The zero-order chi connectivity index (χ0) is 14.4. The predicted octanol–water partition coefficient (Wildman–Crippen LogP) is 1.53. The van der Waals surface area contributed by atoms with Crippen LogP contribution in [0.4, 0.5) is 17.1 Å². The molecule has 0 heterocycles. The second-order valence-corrected chi connectivity index (χ2v) is 4.13. The van der Waals surface area contributed by atoms with Crippen molar-refractivity contribution in [3.8, 4) is 0 Å². The number of para-hydroxylation sites is 1. The zero-order valence-corrected chi connectivity index (χ0v) is 11.3. The monoisotopic (exact) mass is 266 g/mol. The number of carbonyl (C=O) groups is 1. The quantitative estimate of drug-likeness (QED) is 0.602. The van der Waals surface area contributed by atoms with Gasteiger partial charge >= 0.3 is 5.69 Å². The van der Waals surface area contributed by atoms with Gasteiger partial charge in [0.2, 0.25) is 5.91 Å². The SMILES string of the molecule is CCNc1cccc(NCC(=O)N(C)C)c1[N+](=O)[O-]. The van der Waals surface area contributed by atoms with Crippen molar-refractivity contribution in [3.05, 3.63) is 28.3 Å². The number of rotatable bonds is 6. The Balaban J connectivity index is 2.96. The van der Waals surface area contributed by atoms with E-state index in [9.17, 15) is 14.9 Å². The molecule has 1 amide bonds. The Morgan fingerprint density at radius 1 is 1.32 bits per heavy atom. The molecule has 0 aliphatic carbocycles. The summed E-state index contributed by atoms with van der Waals surface area (Å²) in [4.78, 5) is 23.6.